The van der Waals surface area contributed by atoms with Gasteiger partial charge in [0.25, 0.3) is 0 Å². The maximum atomic E-state index is 12.1. The highest BCUT2D eigenvalue weighted by Gasteiger charge is 2.16. The van der Waals surface area contributed by atoms with E-state index in [0.29, 0.717) is 34.9 Å². The Morgan fingerprint density at radius 2 is 1.93 bits per heavy atom. The highest BCUT2D eigenvalue weighted by atomic mass is 32.2. The van der Waals surface area contributed by atoms with Crippen LogP contribution in [0.4, 0.5) is 0 Å². The molecule has 2 N–H and O–H groups in total. The summed E-state index contributed by atoms with van der Waals surface area (Å²) in [6.45, 7) is 7.37. The van der Waals surface area contributed by atoms with Crippen LogP contribution in [0.15, 0.2) is 34.8 Å². The maximum Gasteiger partial charge on any atom is 0.233 e. The van der Waals surface area contributed by atoms with Crippen LogP contribution in [0.1, 0.15) is 25.1 Å². The normalized spacial score (nSPS) is 11.2. The second-order valence-electron chi connectivity index (χ2n) is 5.93. The van der Waals surface area contributed by atoms with E-state index in [1.807, 2.05) is 49.7 Å². The topological polar surface area (TPSA) is 94.3 Å². The van der Waals surface area contributed by atoms with Gasteiger partial charge in [-0.2, -0.15) is 0 Å². The van der Waals surface area contributed by atoms with Crippen molar-refractivity contribution >= 4 is 35.1 Å². The number of imidazole rings is 1. The molecule has 0 aliphatic rings. The molecule has 0 aromatic carbocycles. The number of aromatic nitrogens is 5. The van der Waals surface area contributed by atoms with Gasteiger partial charge < -0.3 is 15.1 Å². The van der Waals surface area contributed by atoms with Gasteiger partial charge in [-0.25, -0.2) is 9.66 Å². The molecular formula is C17H23N7OS2. The monoisotopic (exact) mass is 405 g/mol. The van der Waals surface area contributed by atoms with Crippen molar-refractivity contribution in [1.82, 2.24) is 29.2 Å². The molecule has 3 aromatic rings. The number of carbonyl (C=O) groups is 1. The summed E-state index contributed by atoms with van der Waals surface area (Å²) in [5, 5.41) is 9.37. The highest BCUT2D eigenvalue weighted by Crippen LogP contribution is 2.24. The number of carbonyl (C=O) groups excluding carboxylic acids is 1. The van der Waals surface area contributed by atoms with E-state index in [-0.39, 0.29) is 5.91 Å². The number of nitrogens with zero attached hydrogens (tertiary/aromatic N) is 6. The number of nitrogens with two attached hydrogens (primary N) is 1. The predicted octanol–water partition coefficient (Wildman–Crippen LogP) is 2.20. The summed E-state index contributed by atoms with van der Waals surface area (Å²) in [4.78, 5) is 18.5. The molecule has 3 rings (SSSR count). The molecule has 8 nitrogen and oxygen atoms in total. The highest BCUT2D eigenvalue weighted by molar-refractivity contribution is 8.00. The lowest BCUT2D eigenvalue weighted by Gasteiger charge is -2.17. The fourth-order valence-corrected chi connectivity index (χ4v) is 4.22. The molecule has 0 spiro atoms. The third-order valence-corrected chi connectivity index (χ3v) is 6.06. The number of aryl methyl sites for hydroxylation is 1. The number of fused-ring (bicyclic) bond motifs is 1. The summed E-state index contributed by atoms with van der Waals surface area (Å²) in [7, 11) is 0. The first-order valence-electron chi connectivity index (χ1n) is 8.70. The summed E-state index contributed by atoms with van der Waals surface area (Å²) in [5.41, 5.74) is 3.03. The predicted molar refractivity (Wildman–Crippen MR) is 108 cm³/mol. The second-order valence-corrected chi connectivity index (χ2v) is 7.82. The molecule has 10 heteroatoms. The summed E-state index contributed by atoms with van der Waals surface area (Å²) >= 11 is 2.77. The fourth-order valence-electron chi connectivity index (χ4n) is 2.67. The summed E-state index contributed by atoms with van der Waals surface area (Å²) in [6.07, 6.45) is 3.99. The van der Waals surface area contributed by atoms with Gasteiger partial charge >= 0.3 is 0 Å². The standard InChI is InChI=1S/C17H23N7OS2/c1-4-22(5-2)14(25)11-27-17-21-20-16(24(17)18)26-10-13-9-23-8-6-7-12(3)15(23)19-13/h6-9H,4-5,10-11,18H2,1-3H3. The van der Waals surface area contributed by atoms with Crippen molar-refractivity contribution in [3.05, 3.63) is 35.8 Å². The molecule has 0 aliphatic heterocycles. The summed E-state index contributed by atoms with van der Waals surface area (Å²) < 4.78 is 3.45. The van der Waals surface area contributed by atoms with Crippen LogP contribution in [-0.4, -0.2) is 53.9 Å². The third-order valence-electron chi connectivity index (χ3n) is 4.15. The molecule has 0 saturated carbocycles. The van der Waals surface area contributed by atoms with Crippen LogP contribution >= 0.6 is 23.5 Å². The van der Waals surface area contributed by atoms with Crippen LogP contribution in [0.3, 0.4) is 0 Å². The Hall–Kier alpha value is -2.20. The average Bonchev–Trinajstić information content (AvgIpc) is 3.23. The Balaban J connectivity index is 1.61. The molecule has 27 heavy (non-hydrogen) atoms. The number of pyridine rings is 1. The van der Waals surface area contributed by atoms with Crippen LogP contribution in [0, 0.1) is 6.92 Å². The molecule has 0 atom stereocenters. The Morgan fingerprint density at radius 1 is 1.22 bits per heavy atom. The largest absolute Gasteiger partial charge is 0.343 e. The van der Waals surface area contributed by atoms with Crippen molar-refractivity contribution in [3.8, 4) is 0 Å². The third kappa shape index (κ3) is 4.38. The molecule has 0 unspecified atom stereocenters. The summed E-state index contributed by atoms with van der Waals surface area (Å²) in [6, 6.07) is 4.04. The number of hydrogen-bond acceptors (Lipinski definition) is 7. The van der Waals surface area contributed by atoms with Gasteiger partial charge in [-0.3, -0.25) is 4.79 Å². The van der Waals surface area contributed by atoms with E-state index in [9.17, 15) is 4.79 Å². The molecule has 3 aromatic heterocycles. The molecule has 0 bridgehead atoms. The molecule has 0 aliphatic carbocycles. The van der Waals surface area contributed by atoms with E-state index in [1.54, 1.807) is 4.90 Å². The lowest BCUT2D eigenvalue weighted by atomic mass is 10.3. The van der Waals surface area contributed by atoms with E-state index < -0.39 is 0 Å². The van der Waals surface area contributed by atoms with Gasteiger partial charge in [0.2, 0.25) is 16.2 Å². The minimum Gasteiger partial charge on any atom is -0.343 e. The first kappa shape index (κ1) is 19.6. The van der Waals surface area contributed by atoms with Crippen molar-refractivity contribution in [1.29, 1.82) is 0 Å². The van der Waals surface area contributed by atoms with Crippen molar-refractivity contribution < 1.29 is 4.79 Å². The molecule has 0 fully saturated rings. The minimum absolute atomic E-state index is 0.0715. The van der Waals surface area contributed by atoms with E-state index in [0.717, 1.165) is 16.9 Å². The smallest absolute Gasteiger partial charge is 0.233 e. The minimum atomic E-state index is 0.0715. The number of amides is 1. The van der Waals surface area contributed by atoms with Gasteiger partial charge in [-0.05, 0) is 32.4 Å². The first-order chi connectivity index (χ1) is 13.0. The van der Waals surface area contributed by atoms with E-state index in [1.165, 1.54) is 28.2 Å². The summed E-state index contributed by atoms with van der Waals surface area (Å²) in [5.74, 6) is 7.10. The molecule has 144 valence electrons. The maximum absolute atomic E-state index is 12.1. The van der Waals surface area contributed by atoms with Crippen LogP contribution in [-0.2, 0) is 10.5 Å². The Bertz CT molecular complexity index is 933. The Kier molecular flexibility index (Phi) is 6.27. The zero-order valence-electron chi connectivity index (χ0n) is 15.6. The lowest BCUT2D eigenvalue weighted by molar-refractivity contribution is -0.127. The van der Waals surface area contributed by atoms with Crippen LogP contribution in [0.5, 0.6) is 0 Å². The lowest BCUT2D eigenvalue weighted by Crippen LogP contribution is -2.32. The van der Waals surface area contributed by atoms with E-state index >= 15 is 0 Å². The van der Waals surface area contributed by atoms with Crippen LogP contribution in [0.25, 0.3) is 5.65 Å². The van der Waals surface area contributed by atoms with E-state index in [2.05, 4.69) is 15.2 Å². The first-order valence-corrected chi connectivity index (χ1v) is 10.7. The SMILES string of the molecule is CCN(CC)C(=O)CSc1nnc(SCc2cn3cccc(C)c3n2)n1N. The van der Waals surface area contributed by atoms with Gasteiger partial charge in [0.1, 0.15) is 5.65 Å². The van der Waals surface area contributed by atoms with Gasteiger partial charge in [-0.15, -0.1) is 10.2 Å². The van der Waals surface area contributed by atoms with Gasteiger partial charge in [-0.1, -0.05) is 29.6 Å². The van der Waals surface area contributed by atoms with Crippen LogP contribution < -0.4 is 5.84 Å². The number of hydrogen-bond donors (Lipinski definition) is 1. The van der Waals surface area contributed by atoms with E-state index in [4.69, 9.17) is 5.84 Å². The number of nitrogen functional groups attached to an aromatic ring is 1. The van der Waals surface area contributed by atoms with Crippen molar-refractivity contribution in [2.45, 2.75) is 36.8 Å². The molecule has 1 amide bonds. The number of rotatable bonds is 8. The van der Waals surface area contributed by atoms with Crippen molar-refractivity contribution in [2.24, 2.45) is 0 Å². The average molecular weight is 406 g/mol. The molecule has 3 heterocycles. The molecule has 0 radical (unpaired) electrons. The Labute approximate surface area is 166 Å². The quantitative estimate of drug-likeness (QED) is 0.453. The number of thioether (sulfide) groups is 2. The van der Waals surface area contributed by atoms with Gasteiger partial charge in [0.05, 0.1) is 11.4 Å². The second kappa shape index (κ2) is 8.66. The fraction of sp³-hybridized carbons (Fsp3) is 0.412. The van der Waals surface area contributed by atoms with Crippen molar-refractivity contribution in [3.63, 3.8) is 0 Å². The van der Waals surface area contributed by atoms with Crippen LogP contribution in [0.2, 0.25) is 0 Å². The zero-order valence-corrected chi connectivity index (χ0v) is 17.3. The zero-order chi connectivity index (χ0) is 19.4. The molecular weight excluding hydrogens is 382 g/mol. The molecule has 0 saturated heterocycles. The van der Waals surface area contributed by atoms with Gasteiger partial charge in [0, 0.05) is 31.2 Å². The Morgan fingerprint density at radius 3 is 2.59 bits per heavy atom. The van der Waals surface area contributed by atoms with Crippen molar-refractivity contribution in [2.75, 3.05) is 24.7 Å². The van der Waals surface area contributed by atoms with Gasteiger partial charge in [0.15, 0.2) is 0 Å².